The lowest BCUT2D eigenvalue weighted by Gasteiger charge is -1.94. The minimum absolute atomic E-state index is 0.143. The molecule has 0 bridgehead atoms. The summed E-state index contributed by atoms with van der Waals surface area (Å²) in [5, 5.41) is 6.12. The molecule has 0 N–H and O–H groups in total. The Bertz CT molecular complexity index is 532. The Morgan fingerprint density at radius 1 is 0.905 bits per heavy atom. The van der Waals surface area contributed by atoms with Crippen LogP contribution in [0.4, 0.5) is 17.6 Å². The molecule has 21 heavy (non-hydrogen) atoms. The van der Waals surface area contributed by atoms with Crippen LogP contribution in [-0.2, 0) is 21.6 Å². The number of allylic oxidation sites excluding steroid dienone is 2. The smallest absolute Gasteiger partial charge is 0.308 e. The number of nitrogens with zero attached hydrogens (tertiary/aromatic N) is 2. The zero-order chi connectivity index (χ0) is 15.8. The van der Waals surface area contributed by atoms with Crippen molar-refractivity contribution in [2.24, 2.45) is 0 Å². The highest BCUT2D eigenvalue weighted by molar-refractivity contribution is 7.85. The maximum Gasteiger partial charge on any atom is 0.308 e. The summed E-state index contributed by atoms with van der Waals surface area (Å²) in [6, 6.07) is 0. The highest BCUT2D eigenvalue weighted by Gasteiger charge is 2.16. The molecule has 1 rings (SSSR count). The summed E-state index contributed by atoms with van der Waals surface area (Å²) in [5.41, 5.74) is 0. The average molecular weight is 346 g/mol. The quantitative estimate of drug-likeness (QED) is 0.677. The normalized spacial score (nSPS) is 13.5. The molecule has 11 heteroatoms. The number of aromatic nitrogens is 2. The molecule has 0 fully saturated rings. The lowest BCUT2D eigenvalue weighted by atomic mass is 10.5. The van der Waals surface area contributed by atoms with Gasteiger partial charge in [-0.05, 0) is 25.0 Å². The minimum atomic E-state index is -1.88. The summed E-state index contributed by atoms with van der Waals surface area (Å²) >= 11 is 0. The van der Waals surface area contributed by atoms with Crippen molar-refractivity contribution >= 4 is 21.6 Å². The SMILES string of the molecule is O=S(CCC=C(F)F)c1nnc(S(=O)CCC=C(F)F)o1. The molecule has 0 aliphatic heterocycles. The van der Waals surface area contributed by atoms with Crippen molar-refractivity contribution in [3.63, 3.8) is 0 Å². The molecule has 0 saturated carbocycles. The Kier molecular flexibility index (Phi) is 7.43. The topological polar surface area (TPSA) is 73.1 Å². The standard InChI is InChI=1S/C10H10F4N2O3S2/c11-7(12)3-1-5-20(17)9-15-16-10(19-9)21(18)6-2-4-8(13)14/h3-4H,1-2,5-6H2. The third kappa shape index (κ3) is 6.76. The highest BCUT2D eigenvalue weighted by atomic mass is 32.2. The maximum absolute atomic E-state index is 11.8. The van der Waals surface area contributed by atoms with E-state index in [0.717, 1.165) is 0 Å². The first-order chi connectivity index (χ1) is 9.90. The predicted molar refractivity (Wildman–Crippen MR) is 66.7 cm³/mol. The minimum Gasteiger partial charge on any atom is -0.402 e. The fourth-order valence-corrected chi connectivity index (χ4v) is 2.78. The van der Waals surface area contributed by atoms with E-state index in [1.54, 1.807) is 0 Å². The molecule has 118 valence electrons. The molecule has 0 aromatic carbocycles. The van der Waals surface area contributed by atoms with E-state index in [2.05, 4.69) is 10.2 Å². The lowest BCUT2D eigenvalue weighted by Crippen LogP contribution is -1.98. The zero-order valence-electron chi connectivity index (χ0n) is 10.4. The largest absolute Gasteiger partial charge is 0.402 e. The molecule has 2 unspecified atom stereocenters. The van der Waals surface area contributed by atoms with Crippen molar-refractivity contribution in [1.29, 1.82) is 0 Å². The van der Waals surface area contributed by atoms with Gasteiger partial charge in [0.25, 0.3) is 12.2 Å². The van der Waals surface area contributed by atoms with E-state index < -0.39 is 33.8 Å². The third-order valence-electron chi connectivity index (χ3n) is 1.98. The van der Waals surface area contributed by atoms with Crippen LogP contribution in [0.5, 0.6) is 0 Å². The molecule has 1 aromatic heterocycles. The van der Waals surface area contributed by atoms with Crippen LogP contribution in [0.1, 0.15) is 12.8 Å². The van der Waals surface area contributed by atoms with Crippen LogP contribution in [0.3, 0.4) is 0 Å². The van der Waals surface area contributed by atoms with Crippen molar-refractivity contribution in [3.8, 4) is 0 Å². The second kappa shape index (κ2) is 8.82. The predicted octanol–water partition coefficient (Wildman–Crippen LogP) is 2.63. The molecule has 5 nitrogen and oxygen atoms in total. The van der Waals surface area contributed by atoms with Crippen molar-refractivity contribution in [2.45, 2.75) is 23.3 Å². The first-order valence-electron chi connectivity index (χ1n) is 5.52. The van der Waals surface area contributed by atoms with Crippen LogP contribution >= 0.6 is 0 Å². The monoisotopic (exact) mass is 346 g/mol. The van der Waals surface area contributed by atoms with Crippen molar-refractivity contribution in [2.75, 3.05) is 11.5 Å². The molecule has 0 aliphatic rings. The van der Waals surface area contributed by atoms with Gasteiger partial charge >= 0.3 is 10.4 Å². The summed E-state index contributed by atoms with van der Waals surface area (Å²) in [6.45, 7) is 0. The van der Waals surface area contributed by atoms with Gasteiger partial charge in [-0.1, -0.05) is 10.2 Å². The Balaban J connectivity index is 2.55. The summed E-state index contributed by atoms with van der Waals surface area (Å²) in [6.07, 6.45) is -2.84. The summed E-state index contributed by atoms with van der Waals surface area (Å²) < 4.78 is 75.2. The van der Waals surface area contributed by atoms with Crippen LogP contribution in [-0.4, -0.2) is 30.1 Å². The van der Waals surface area contributed by atoms with E-state index in [1.807, 2.05) is 0 Å². The van der Waals surface area contributed by atoms with Crippen molar-refractivity contribution in [1.82, 2.24) is 10.2 Å². The van der Waals surface area contributed by atoms with Gasteiger partial charge < -0.3 is 4.42 Å². The Labute approximate surface area is 122 Å². The fourth-order valence-electron chi connectivity index (χ4n) is 1.11. The Morgan fingerprint density at radius 2 is 1.29 bits per heavy atom. The molecular formula is C10H10F4N2O3S2. The molecular weight excluding hydrogens is 336 g/mol. The van der Waals surface area contributed by atoms with Crippen molar-refractivity contribution < 1.29 is 30.4 Å². The average Bonchev–Trinajstić information content (AvgIpc) is 2.87. The number of hydrogen-bond acceptors (Lipinski definition) is 5. The van der Waals surface area contributed by atoms with E-state index in [9.17, 15) is 26.0 Å². The second-order valence-electron chi connectivity index (χ2n) is 3.50. The fraction of sp³-hybridized carbons (Fsp3) is 0.400. The molecule has 0 spiro atoms. The summed E-state index contributed by atoms with van der Waals surface area (Å²) in [7, 11) is -3.59. The molecule has 0 saturated heterocycles. The van der Waals surface area contributed by atoms with Crippen LogP contribution in [0.2, 0.25) is 0 Å². The summed E-state index contributed by atoms with van der Waals surface area (Å²) in [5.74, 6) is -0.303. The Morgan fingerprint density at radius 3 is 1.62 bits per heavy atom. The van der Waals surface area contributed by atoms with Gasteiger partial charge in [0.1, 0.15) is 21.6 Å². The van der Waals surface area contributed by atoms with Crippen molar-refractivity contribution in [3.05, 3.63) is 24.3 Å². The molecule has 0 radical (unpaired) electrons. The van der Waals surface area contributed by atoms with Crippen LogP contribution in [0, 0.1) is 0 Å². The van der Waals surface area contributed by atoms with E-state index in [-0.39, 0.29) is 34.8 Å². The number of rotatable bonds is 8. The molecule has 1 aromatic rings. The number of halogens is 4. The summed E-state index contributed by atoms with van der Waals surface area (Å²) in [4.78, 5) is 0. The van der Waals surface area contributed by atoms with Gasteiger partial charge in [-0.2, -0.15) is 17.6 Å². The molecule has 0 aliphatic carbocycles. The molecule has 2 atom stereocenters. The van der Waals surface area contributed by atoms with Crippen LogP contribution < -0.4 is 0 Å². The highest BCUT2D eigenvalue weighted by Crippen LogP contribution is 2.12. The first kappa shape index (κ1) is 17.7. The molecule has 0 amide bonds. The van der Waals surface area contributed by atoms with Gasteiger partial charge in [0.15, 0.2) is 0 Å². The van der Waals surface area contributed by atoms with Gasteiger partial charge in [-0.3, -0.25) is 0 Å². The zero-order valence-corrected chi connectivity index (χ0v) is 12.1. The maximum atomic E-state index is 11.8. The Hall–Kier alpha value is -1.36. The number of hydrogen-bond donors (Lipinski definition) is 0. The van der Waals surface area contributed by atoms with Gasteiger partial charge in [0.2, 0.25) is 0 Å². The second-order valence-corrected chi connectivity index (χ2v) is 6.40. The van der Waals surface area contributed by atoms with E-state index in [4.69, 9.17) is 4.42 Å². The molecule has 1 heterocycles. The van der Waals surface area contributed by atoms with Gasteiger partial charge in [-0.15, -0.1) is 0 Å². The van der Waals surface area contributed by atoms with E-state index in [1.165, 1.54) is 0 Å². The van der Waals surface area contributed by atoms with Gasteiger partial charge in [-0.25, -0.2) is 8.42 Å². The van der Waals surface area contributed by atoms with Crippen LogP contribution in [0.25, 0.3) is 0 Å². The van der Waals surface area contributed by atoms with E-state index in [0.29, 0.717) is 12.2 Å². The first-order valence-corrected chi connectivity index (χ1v) is 8.16. The lowest BCUT2D eigenvalue weighted by molar-refractivity contribution is 0.366. The third-order valence-corrected chi connectivity index (χ3v) is 4.30. The van der Waals surface area contributed by atoms with Gasteiger partial charge in [0, 0.05) is 11.5 Å². The van der Waals surface area contributed by atoms with E-state index >= 15 is 0 Å². The van der Waals surface area contributed by atoms with Gasteiger partial charge in [0.05, 0.1) is 0 Å². The van der Waals surface area contributed by atoms with Crippen LogP contribution in [0.15, 0.2) is 39.2 Å².